The van der Waals surface area contributed by atoms with Gasteiger partial charge in [-0.15, -0.1) is 0 Å². The van der Waals surface area contributed by atoms with Gasteiger partial charge in [0.2, 0.25) is 0 Å². The third kappa shape index (κ3) is 4.44. The number of hydrogen-bond acceptors (Lipinski definition) is 4. The minimum absolute atomic E-state index is 0.0988. The van der Waals surface area contributed by atoms with Crippen molar-refractivity contribution in [2.75, 3.05) is 12.8 Å². The molecule has 4 nitrogen and oxygen atoms in total. The number of rotatable bonds is 6. The largest absolute Gasteiger partial charge is 0.312 e. The highest BCUT2D eigenvalue weighted by Crippen LogP contribution is 2.22. The van der Waals surface area contributed by atoms with Crippen LogP contribution in [-0.2, 0) is 6.42 Å². The number of aromatic amines is 1. The van der Waals surface area contributed by atoms with Crippen molar-refractivity contribution in [2.24, 2.45) is 0 Å². The summed E-state index contributed by atoms with van der Waals surface area (Å²) in [5.41, 5.74) is 3.23. The lowest BCUT2D eigenvalue weighted by molar-refractivity contribution is 0.660. The number of aryl methyl sites for hydroxylation is 2. The van der Waals surface area contributed by atoms with Gasteiger partial charge in [0.25, 0.3) is 5.56 Å². The topological polar surface area (TPSA) is 57.8 Å². The van der Waals surface area contributed by atoms with Crippen molar-refractivity contribution in [2.45, 2.75) is 31.5 Å². The lowest BCUT2D eigenvalue weighted by atomic mass is 10.1. The molecule has 1 unspecified atom stereocenters. The van der Waals surface area contributed by atoms with Crippen molar-refractivity contribution < 1.29 is 0 Å². The summed E-state index contributed by atoms with van der Waals surface area (Å²) in [6.07, 6.45) is 1.05. The first-order chi connectivity index (χ1) is 10.1. The van der Waals surface area contributed by atoms with E-state index in [-0.39, 0.29) is 11.6 Å². The Kier molecular flexibility index (Phi) is 5.59. The van der Waals surface area contributed by atoms with Crippen molar-refractivity contribution >= 4 is 11.8 Å². The molecule has 0 aliphatic carbocycles. The van der Waals surface area contributed by atoms with Gasteiger partial charge in [-0.25, -0.2) is 4.98 Å². The second kappa shape index (κ2) is 7.43. The van der Waals surface area contributed by atoms with Crippen molar-refractivity contribution in [1.82, 2.24) is 15.3 Å². The van der Waals surface area contributed by atoms with E-state index in [2.05, 4.69) is 46.5 Å². The number of benzene rings is 1. The van der Waals surface area contributed by atoms with Gasteiger partial charge in [-0.05, 0) is 31.5 Å². The van der Waals surface area contributed by atoms with E-state index in [1.165, 1.54) is 17.2 Å². The Morgan fingerprint density at radius 3 is 2.62 bits per heavy atom. The molecule has 0 amide bonds. The van der Waals surface area contributed by atoms with Gasteiger partial charge in [0.15, 0.2) is 5.16 Å². The van der Waals surface area contributed by atoms with Crippen LogP contribution in [0.1, 0.15) is 29.8 Å². The first kappa shape index (κ1) is 15.8. The summed E-state index contributed by atoms with van der Waals surface area (Å²) in [5.74, 6) is 0.814. The van der Waals surface area contributed by atoms with Gasteiger partial charge in [-0.3, -0.25) is 4.79 Å². The molecule has 2 rings (SSSR count). The number of nitrogens with one attached hydrogen (secondary N) is 2. The molecule has 0 saturated heterocycles. The van der Waals surface area contributed by atoms with Crippen LogP contribution in [0, 0.1) is 6.92 Å². The fourth-order valence-electron chi connectivity index (χ4n) is 2.11. The van der Waals surface area contributed by atoms with Crippen molar-refractivity contribution in [1.29, 1.82) is 0 Å². The predicted molar refractivity (Wildman–Crippen MR) is 87.9 cm³/mol. The maximum Gasteiger partial charge on any atom is 0.251 e. The fraction of sp³-hybridized carbons (Fsp3) is 0.375. The fourth-order valence-corrected chi connectivity index (χ4v) is 3.18. The van der Waals surface area contributed by atoms with Gasteiger partial charge in [-0.2, -0.15) is 0 Å². The molecule has 112 valence electrons. The van der Waals surface area contributed by atoms with Crippen LogP contribution in [0.5, 0.6) is 0 Å². The summed E-state index contributed by atoms with van der Waals surface area (Å²) >= 11 is 1.56. The molecule has 0 radical (unpaired) electrons. The van der Waals surface area contributed by atoms with Crippen LogP contribution in [0.2, 0.25) is 0 Å². The highest BCUT2D eigenvalue weighted by atomic mass is 32.2. The zero-order valence-electron chi connectivity index (χ0n) is 12.6. The Morgan fingerprint density at radius 1 is 1.33 bits per heavy atom. The zero-order chi connectivity index (χ0) is 15.2. The van der Waals surface area contributed by atoms with Crippen LogP contribution in [0.25, 0.3) is 0 Å². The van der Waals surface area contributed by atoms with E-state index >= 15 is 0 Å². The first-order valence-electron chi connectivity index (χ1n) is 7.09. The molecule has 2 aromatic rings. The smallest absolute Gasteiger partial charge is 0.251 e. The van der Waals surface area contributed by atoms with Gasteiger partial charge in [-0.1, -0.05) is 43.0 Å². The molecule has 0 saturated carbocycles. The minimum atomic E-state index is -0.0988. The molecule has 2 N–H and O–H groups in total. The number of hydrogen-bond donors (Lipinski definition) is 2. The molecule has 21 heavy (non-hydrogen) atoms. The maximum atomic E-state index is 11.4. The van der Waals surface area contributed by atoms with Crippen molar-refractivity contribution in [3.05, 3.63) is 57.5 Å². The molecule has 1 atom stereocenters. The summed E-state index contributed by atoms with van der Waals surface area (Å²) in [6.45, 7) is 3.98. The lowest BCUT2D eigenvalue weighted by Crippen LogP contribution is -2.19. The van der Waals surface area contributed by atoms with Crippen LogP contribution in [0.3, 0.4) is 0 Å². The van der Waals surface area contributed by atoms with E-state index in [1.807, 2.05) is 14.0 Å². The molecule has 5 heteroatoms. The van der Waals surface area contributed by atoms with Gasteiger partial charge >= 0.3 is 0 Å². The van der Waals surface area contributed by atoms with Gasteiger partial charge < -0.3 is 10.3 Å². The van der Waals surface area contributed by atoms with E-state index in [0.29, 0.717) is 5.16 Å². The molecule has 1 aromatic heterocycles. The molecular formula is C16H21N3OS. The standard InChI is InChI=1S/C16H21N3OS/c1-4-12-5-7-13(8-6-12)14(17-3)10-21-16-18-11(2)9-15(20)19-16/h5-9,14,17H,4,10H2,1-3H3,(H,18,19,20). The lowest BCUT2D eigenvalue weighted by Gasteiger charge is -2.16. The number of H-pyrrole nitrogens is 1. The van der Waals surface area contributed by atoms with E-state index in [9.17, 15) is 4.79 Å². The molecule has 1 aromatic carbocycles. The number of thioether (sulfide) groups is 1. The van der Waals surface area contributed by atoms with Crippen LogP contribution < -0.4 is 10.9 Å². The second-order valence-corrected chi connectivity index (χ2v) is 5.95. The molecular weight excluding hydrogens is 282 g/mol. The molecule has 1 heterocycles. The quantitative estimate of drug-likeness (QED) is 0.636. The van der Waals surface area contributed by atoms with Gasteiger partial charge in [0.05, 0.1) is 0 Å². The zero-order valence-corrected chi connectivity index (χ0v) is 13.5. The highest BCUT2D eigenvalue weighted by Gasteiger charge is 2.11. The average Bonchev–Trinajstić information content (AvgIpc) is 2.47. The Balaban J connectivity index is 2.06. The van der Waals surface area contributed by atoms with Crippen LogP contribution in [-0.4, -0.2) is 22.8 Å². The van der Waals surface area contributed by atoms with E-state index in [0.717, 1.165) is 17.9 Å². The molecule has 0 spiro atoms. The van der Waals surface area contributed by atoms with Crippen LogP contribution >= 0.6 is 11.8 Å². The average molecular weight is 303 g/mol. The van der Waals surface area contributed by atoms with Crippen molar-refractivity contribution in [3.63, 3.8) is 0 Å². The van der Waals surface area contributed by atoms with Crippen molar-refractivity contribution in [3.8, 4) is 0 Å². The number of aromatic nitrogens is 2. The summed E-state index contributed by atoms with van der Waals surface area (Å²) in [5, 5.41) is 3.99. The monoisotopic (exact) mass is 303 g/mol. The maximum absolute atomic E-state index is 11.4. The normalized spacial score (nSPS) is 12.3. The predicted octanol–water partition coefficient (Wildman–Crippen LogP) is 2.69. The Morgan fingerprint density at radius 2 is 2.05 bits per heavy atom. The third-order valence-corrected chi connectivity index (χ3v) is 4.34. The molecule has 0 bridgehead atoms. The number of nitrogens with zero attached hydrogens (tertiary/aromatic N) is 1. The first-order valence-corrected chi connectivity index (χ1v) is 8.07. The molecule has 0 aliphatic heterocycles. The Bertz CT molecular complexity index is 637. The summed E-state index contributed by atoms with van der Waals surface area (Å²) in [6, 6.07) is 10.4. The second-order valence-electron chi connectivity index (χ2n) is 4.94. The third-order valence-electron chi connectivity index (χ3n) is 3.37. The van der Waals surface area contributed by atoms with Gasteiger partial charge in [0, 0.05) is 23.6 Å². The summed E-state index contributed by atoms with van der Waals surface area (Å²) in [7, 11) is 1.95. The van der Waals surface area contributed by atoms with Gasteiger partial charge in [0.1, 0.15) is 0 Å². The van der Waals surface area contributed by atoms with E-state index in [4.69, 9.17) is 0 Å². The van der Waals surface area contributed by atoms with E-state index in [1.54, 1.807) is 11.8 Å². The van der Waals surface area contributed by atoms with Crippen LogP contribution in [0.15, 0.2) is 40.3 Å². The van der Waals surface area contributed by atoms with E-state index < -0.39 is 0 Å². The summed E-state index contributed by atoms with van der Waals surface area (Å²) in [4.78, 5) is 18.5. The highest BCUT2D eigenvalue weighted by molar-refractivity contribution is 7.99. The van der Waals surface area contributed by atoms with Crippen LogP contribution in [0.4, 0.5) is 0 Å². The SMILES string of the molecule is CCc1ccc(C(CSc2nc(C)cc(=O)[nH]2)NC)cc1. The molecule has 0 aliphatic rings. The Labute approximate surface area is 129 Å². The summed E-state index contributed by atoms with van der Waals surface area (Å²) < 4.78 is 0. The molecule has 0 fully saturated rings. The minimum Gasteiger partial charge on any atom is -0.312 e. The Hall–Kier alpha value is -1.59.